The van der Waals surface area contributed by atoms with Crippen LogP contribution in [0.1, 0.15) is 0 Å². The van der Waals surface area contributed by atoms with Gasteiger partial charge in [-0.25, -0.2) is 8.78 Å². The average molecular weight is 228 g/mol. The number of alkyl halides is 3. The van der Waals surface area contributed by atoms with E-state index in [4.69, 9.17) is 0 Å². The number of benzene rings is 1. The molecule has 0 heterocycles. The van der Waals surface area contributed by atoms with Crippen molar-refractivity contribution in [2.24, 2.45) is 0 Å². The van der Waals surface area contributed by atoms with Crippen molar-refractivity contribution in [1.82, 2.24) is 0 Å². The van der Waals surface area contributed by atoms with Crippen LogP contribution in [0.15, 0.2) is 12.1 Å². The number of hydrogen-bond donors (Lipinski definition) is 0. The lowest BCUT2D eigenvalue weighted by Gasteiger charge is -2.10. The fraction of sp³-hybridized carbons (Fsp3) is 0.250. The lowest BCUT2D eigenvalue weighted by Crippen LogP contribution is -2.07. The van der Waals surface area contributed by atoms with Gasteiger partial charge in [0, 0.05) is 0 Å². The maximum Gasteiger partial charge on any atom is 0.387 e. The smallest absolute Gasteiger partial charge is 0.387 e. The first-order chi connectivity index (χ1) is 7.06. The number of rotatable bonds is 4. The Balaban J connectivity index is 3.10. The van der Waals surface area contributed by atoms with Gasteiger partial charge in [0.1, 0.15) is 0 Å². The Hall–Kier alpha value is -1.53. The highest BCUT2D eigenvalue weighted by Crippen LogP contribution is 2.33. The van der Waals surface area contributed by atoms with Crippen LogP contribution in [0.25, 0.3) is 0 Å². The summed E-state index contributed by atoms with van der Waals surface area (Å²) in [6, 6.07) is 1.40. The van der Waals surface area contributed by atoms with Crippen molar-refractivity contribution in [3.8, 4) is 11.5 Å². The second-order valence-electron chi connectivity index (χ2n) is 2.32. The van der Waals surface area contributed by atoms with Crippen molar-refractivity contribution < 1.29 is 31.4 Å². The Bertz CT molecular complexity index is 342. The van der Waals surface area contributed by atoms with Crippen LogP contribution in [0, 0.1) is 11.6 Å². The summed E-state index contributed by atoms with van der Waals surface area (Å²) >= 11 is 0. The molecule has 0 bridgehead atoms. The van der Waals surface area contributed by atoms with E-state index in [9.17, 15) is 22.0 Å². The van der Waals surface area contributed by atoms with E-state index in [1.54, 1.807) is 0 Å². The highest BCUT2D eigenvalue weighted by atomic mass is 19.3. The van der Waals surface area contributed by atoms with Crippen LogP contribution < -0.4 is 9.47 Å². The molecule has 0 aliphatic heterocycles. The molecule has 0 radical (unpaired) electrons. The number of hydrogen-bond acceptors (Lipinski definition) is 2. The van der Waals surface area contributed by atoms with Crippen LogP contribution >= 0.6 is 0 Å². The fourth-order valence-electron chi connectivity index (χ4n) is 0.886. The Labute approximate surface area is 81.2 Å². The monoisotopic (exact) mass is 228 g/mol. The zero-order chi connectivity index (χ0) is 11.4. The first-order valence-electron chi connectivity index (χ1n) is 3.67. The molecule has 0 aliphatic rings. The summed E-state index contributed by atoms with van der Waals surface area (Å²) in [5.74, 6) is -4.82. The van der Waals surface area contributed by atoms with Crippen molar-refractivity contribution >= 4 is 0 Å². The second kappa shape index (κ2) is 4.81. The second-order valence-corrected chi connectivity index (χ2v) is 2.32. The lowest BCUT2D eigenvalue weighted by atomic mass is 10.3. The van der Waals surface area contributed by atoms with E-state index >= 15 is 0 Å². The predicted octanol–water partition coefficient (Wildman–Crippen LogP) is 2.87. The molecule has 0 unspecified atom stereocenters. The largest absolute Gasteiger partial charge is 0.459 e. The van der Waals surface area contributed by atoms with Gasteiger partial charge in [-0.3, -0.25) is 0 Å². The first-order valence-corrected chi connectivity index (χ1v) is 3.67. The van der Waals surface area contributed by atoms with Crippen LogP contribution in [0.5, 0.6) is 11.5 Å². The normalized spacial score (nSPS) is 10.5. The Morgan fingerprint density at radius 2 is 1.87 bits per heavy atom. The molecule has 0 saturated carbocycles. The zero-order valence-corrected chi connectivity index (χ0v) is 7.15. The Morgan fingerprint density at radius 3 is 2.40 bits per heavy atom. The summed E-state index contributed by atoms with van der Waals surface area (Å²) in [6.07, 6.45) is 0. The summed E-state index contributed by atoms with van der Waals surface area (Å²) in [6.45, 7) is -4.73. The molecule has 0 atom stereocenters. The van der Waals surface area contributed by atoms with Crippen molar-refractivity contribution in [2.45, 2.75) is 6.61 Å². The SMILES string of the molecule is FCOc1ccc(F)c(F)c1OC(F)F. The third-order valence-electron chi connectivity index (χ3n) is 1.43. The fourth-order valence-corrected chi connectivity index (χ4v) is 0.886. The van der Waals surface area contributed by atoms with Gasteiger partial charge in [-0.2, -0.15) is 13.2 Å². The van der Waals surface area contributed by atoms with Gasteiger partial charge in [0.25, 0.3) is 0 Å². The van der Waals surface area contributed by atoms with Gasteiger partial charge in [0.05, 0.1) is 0 Å². The summed E-state index contributed by atoms with van der Waals surface area (Å²) in [5, 5.41) is 0. The molecule has 84 valence electrons. The van der Waals surface area contributed by atoms with Crippen molar-refractivity contribution in [3.05, 3.63) is 23.8 Å². The molecular formula is C8H5F5O2. The molecule has 0 saturated heterocycles. The molecule has 0 amide bonds. The van der Waals surface area contributed by atoms with Gasteiger partial charge in [-0.05, 0) is 12.1 Å². The summed E-state index contributed by atoms with van der Waals surface area (Å²) in [5.41, 5.74) is 0. The molecule has 0 fully saturated rings. The van der Waals surface area contributed by atoms with E-state index in [2.05, 4.69) is 9.47 Å². The molecule has 15 heavy (non-hydrogen) atoms. The topological polar surface area (TPSA) is 18.5 Å². The molecule has 1 rings (SSSR count). The third-order valence-corrected chi connectivity index (χ3v) is 1.43. The van der Waals surface area contributed by atoms with Gasteiger partial charge in [0.2, 0.25) is 18.4 Å². The summed E-state index contributed by atoms with van der Waals surface area (Å²) < 4.78 is 68.7. The maximum absolute atomic E-state index is 12.9. The minimum absolute atomic E-state index is 0.610. The molecule has 1 aromatic rings. The van der Waals surface area contributed by atoms with Crippen LogP contribution in [-0.4, -0.2) is 13.5 Å². The predicted molar refractivity (Wildman–Crippen MR) is 39.6 cm³/mol. The molecule has 2 nitrogen and oxygen atoms in total. The summed E-state index contributed by atoms with van der Waals surface area (Å²) in [4.78, 5) is 0. The molecule has 0 aliphatic carbocycles. The number of halogens is 5. The number of ether oxygens (including phenoxy) is 2. The molecule has 7 heteroatoms. The standard InChI is InChI=1S/C8H5F5O2/c9-3-14-5-2-1-4(10)6(11)7(5)15-8(12)13/h1-2,8H,3H2. The van der Waals surface area contributed by atoms with Gasteiger partial charge in [0.15, 0.2) is 11.6 Å². The van der Waals surface area contributed by atoms with Crippen molar-refractivity contribution in [3.63, 3.8) is 0 Å². The average Bonchev–Trinajstić information content (AvgIpc) is 2.17. The van der Waals surface area contributed by atoms with Crippen molar-refractivity contribution in [2.75, 3.05) is 6.86 Å². The molecular weight excluding hydrogens is 223 g/mol. The highest BCUT2D eigenvalue weighted by Gasteiger charge is 2.19. The summed E-state index contributed by atoms with van der Waals surface area (Å²) in [7, 11) is 0. The van der Waals surface area contributed by atoms with E-state index in [-0.39, 0.29) is 0 Å². The van der Waals surface area contributed by atoms with Gasteiger partial charge in [-0.1, -0.05) is 0 Å². The zero-order valence-electron chi connectivity index (χ0n) is 7.15. The Morgan fingerprint density at radius 1 is 1.20 bits per heavy atom. The van der Waals surface area contributed by atoms with E-state index in [1.807, 2.05) is 0 Å². The van der Waals surface area contributed by atoms with Crippen LogP contribution in [0.3, 0.4) is 0 Å². The third kappa shape index (κ3) is 2.71. The van der Waals surface area contributed by atoms with E-state index in [0.717, 1.165) is 6.07 Å². The lowest BCUT2D eigenvalue weighted by molar-refractivity contribution is -0.0547. The van der Waals surface area contributed by atoms with Crippen LogP contribution in [-0.2, 0) is 0 Å². The van der Waals surface area contributed by atoms with E-state index in [0.29, 0.717) is 6.07 Å². The molecule has 0 spiro atoms. The maximum atomic E-state index is 12.9. The van der Waals surface area contributed by atoms with E-state index < -0.39 is 36.6 Å². The highest BCUT2D eigenvalue weighted by molar-refractivity contribution is 5.41. The minimum atomic E-state index is -3.36. The molecule has 1 aromatic carbocycles. The van der Waals surface area contributed by atoms with Gasteiger partial charge < -0.3 is 9.47 Å². The van der Waals surface area contributed by atoms with E-state index in [1.165, 1.54) is 0 Å². The quantitative estimate of drug-likeness (QED) is 0.737. The molecule has 0 N–H and O–H groups in total. The minimum Gasteiger partial charge on any atom is -0.459 e. The van der Waals surface area contributed by atoms with Crippen LogP contribution in [0.4, 0.5) is 22.0 Å². The van der Waals surface area contributed by atoms with Crippen molar-refractivity contribution in [1.29, 1.82) is 0 Å². The van der Waals surface area contributed by atoms with Gasteiger partial charge in [-0.15, -0.1) is 0 Å². The first kappa shape index (κ1) is 11.5. The van der Waals surface area contributed by atoms with Gasteiger partial charge >= 0.3 is 6.61 Å². The Kier molecular flexibility index (Phi) is 3.70. The molecule has 0 aromatic heterocycles. The van der Waals surface area contributed by atoms with Crippen LogP contribution in [0.2, 0.25) is 0 Å².